The van der Waals surface area contributed by atoms with Crippen LogP contribution in [0.3, 0.4) is 0 Å². The average molecular weight is 283 g/mol. The molecule has 0 saturated carbocycles. The third-order valence-corrected chi connectivity index (χ3v) is 6.00. The van der Waals surface area contributed by atoms with Gasteiger partial charge in [-0.2, -0.15) is 0 Å². The topological polar surface area (TPSA) is 49.8 Å². The molecule has 21 heavy (non-hydrogen) atoms. The first-order chi connectivity index (χ1) is 10.1. The van der Waals surface area contributed by atoms with Gasteiger partial charge in [0.05, 0.1) is 5.41 Å². The molecule has 2 aliphatic carbocycles. The van der Waals surface area contributed by atoms with Gasteiger partial charge in [-0.1, -0.05) is 12.1 Å². The van der Waals surface area contributed by atoms with Crippen LogP contribution in [0.25, 0.3) is 0 Å². The van der Waals surface area contributed by atoms with Gasteiger partial charge in [0, 0.05) is 17.5 Å². The molecule has 1 fully saturated rings. The summed E-state index contributed by atoms with van der Waals surface area (Å²) in [6.45, 7) is 0.969. The van der Waals surface area contributed by atoms with Crippen LogP contribution in [0, 0.1) is 5.92 Å². The number of ketones is 1. The van der Waals surface area contributed by atoms with E-state index in [0.29, 0.717) is 17.7 Å². The maximum atomic E-state index is 12.4. The Labute approximate surface area is 123 Å². The summed E-state index contributed by atoms with van der Waals surface area (Å²) in [5, 5.41) is 10.2. The number of carbonyl (C=O) groups is 1. The van der Waals surface area contributed by atoms with Gasteiger partial charge >= 0.3 is 0 Å². The molecule has 0 amide bonds. The highest BCUT2D eigenvalue weighted by Gasteiger charge is 2.64. The lowest BCUT2D eigenvalue weighted by atomic mass is 9.53. The zero-order valence-electron chi connectivity index (χ0n) is 11.9. The molecule has 0 aromatic heterocycles. The lowest BCUT2D eigenvalue weighted by Crippen LogP contribution is -2.64. The van der Waals surface area contributed by atoms with Crippen LogP contribution in [0.2, 0.25) is 0 Å². The van der Waals surface area contributed by atoms with Crippen LogP contribution in [-0.2, 0) is 16.6 Å². The van der Waals surface area contributed by atoms with Gasteiger partial charge in [0.15, 0.2) is 23.4 Å². The van der Waals surface area contributed by atoms with Crippen LogP contribution in [0.15, 0.2) is 24.3 Å². The number of phenolic OH excluding ortho intramolecular Hbond substituents is 1. The summed E-state index contributed by atoms with van der Waals surface area (Å²) in [6, 6.07) is 4.13. The van der Waals surface area contributed by atoms with Gasteiger partial charge in [0.2, 0.25) is 0 Å². The molecule has 0 radical (unpaired) electrons. The number of carbonyl (C=O) groups excluding carboxylic acids is 1. The summed E-state index contributed by atoms with van der Waals surface area (Å²) in [6.07, 6.45) is 5.19. The lowest BCUT2D eigenvalue weighted by molar-refractivity contribution is -0.127. The van der Waals surface area contributed by atoms with Crippen molar-refractivity contribution in [1.82, 2.24) is 4.90 Å². The van der Waals surface area contributed by atoms with E-state index in [1.54, 1.807) is 12.1 Å². The highest BCUT2D eigenvalue weighted by molar-refractivity contribution is 5.98. The van der Waals surface area contributed by atoms with Crippen molar-refractivity contribution in [3.63, 3.8) is 0 Å². The third-order valence-electron chi connectivity index (χ3n) is 6.00. The van der Waals surface area contributed by atoms with E-state index in [0.717, 1.165) is 24.9 Å². The number of likely N-dealkylation sites (N-methyl/N-ethyl adjacent to an activating group) is 1. The molecule has 4 atom stereocenters. The number of rotatable bonds is 0. The van der Waals surface area contributed by atoms with Crippen molar-refractivity contribution in [1.29, 1.82) is 0 Å². The number of nitrogens with zero attached hydrogens (tertiary/aromatic N) is 1. The van der Waals surface area contributed by atoms with E-state index in [1.807, 2.05) is 6.07 Å². The fraction of sp³-hybridized carbons (Fsp3) is 0.471. The molecule has 1 spiro atoms. The van der Waals surface area contributed by atoms with Crippen molar-refractivity contribution in [2.75, 3.05) is 13.6 Å². The maximum absolute atomic E-state index is 12.4. The Kier molecular flexibility index (Phi) is 1.97. The zero-order chi connectivity index (χ0) is 14.4. The van der Waals surface area contributed by atoms with Gasteiger partial charge in [-0.25, -0.2) is 0 Å². The van der Waals surface area contributed by atoms with Crippen LogP contribution in [0.4, 0.5) is 0 Å². The summed E-state index contributed by atoms with van der Waals surface area (Å²) >= 11 is 0. The molecular weight excluding hydrogens is 266 g/mol. The number of piperidine rings is 1. The van der Waals surface area contributed by atoms with E-state index in [4.69, 9.17) is 4.74 Å². The Bertz CT molecular complexity index is 710. The molecule has 1 unspecified atom stereocenters. The summed E-state index contributed by atoms with van der Waals surface area (Å²) in [7, 11) is 2.17. The fourth-order valence-electron chi connectivity index (χ4n) is 5.08. The number of likely N-dealkylation sites (tertiary alicyclic amines) is 1. The smallest absolute Gasteiger partial charge is 0.196 e. The second-order valence-corrected chi connectivity index (χ2v) is 6.78. The van der Waals surface area contributed by atoms with Crippen molar-refractivity contribution >= 4 is 5.78 Å². The molecule has 1 saturated heterocycles. The number of hydrogen-bond acceptors (Lipinski definition) is 4. The second-order valence-electron chi connectivity index (χ2n) is 6.78. The molecule has 1 aromatic carbocycles. The molecule has 5 rings (SSSR count). The minimum atomic E-state index is -0.453. The summed E-state index contributed by atoms with van der Waals surface area (Å²) in [5.41, 5.74) is 2.09. The van der Waals surface area contributed by atoms with Gasteiger partial charge in [-0.05, 0) is 44.1 Å². The van der Waals surface area contributed by atoms with Gasteiger partial charge in [0.25, 0.3) is 0 Å². The van der Waals surface area contributed by atoms with E-state index in [-0.39, 0.29) is 16.9 Å². The number of ether oxygens (including phenoxy) is 1. The van der Waals surface area contributed by atoms with E-state index >= 15 is 0 Å². The van der Waals surface area contributed by atoms with Crippen LogP contribution in [-0.4, -0.2) is 41.5 Å². The van der Waals surface area contributed by atoms with Crippen molar-refractivity contribution < 1.29 is 14.6 Å². The number of benzene rings is 1. The molecule has 1 N–H and O–H groups in total. The highest BCUT2D eigenvalue weighted by Crippen LogP contribution is 2.61. The predicted molar refractivity (Wildman–Crippen MR) is 76.6 cm³/mol. The van der Waals surface area contributed by atoms with Crippen LogP contribution < -0.4 is 4.74 Å². The third kappa shape index (κ3) is 1.16. The number of aromatic hydroxyl groups is 1. The zero-order valence-corrected chi connectivity index (χ0v) is 11.9. The minimum Gasteiger partial charge on any atom is -0.504 e. The van der Waals surface area contributed by atoms with Crippen LogP contribution >= 0.6 is 0 Å². The number of phenols is 1. The molecule has 1 aromatic rings. The first kappa shape index (κ1) is 11.8. The molecule has 108 valence electrons. The normalized spacial score (nSPS) is 39.1. The average Bonchev–Trinajstić information content (AvgIpc) is 2.83. The van der Waals surface area contributed by atoms with Crippen molar-refractivity contribution in [2.24, 2.45) is 5.92 Å². The van der Waals surface area contributed by atoms with Gasteiger partial charge < -0.3 is 14.7 Å². The Morgan fingerprint density at radius 1 is 1.43 bits per heavy atom. The van der Waals surface area contributed by atoms with Gasteiger partial charge in [-0.15, -0.1) is 0 Å². The predicted octanol–water partition coefficient (Wildman–Crippen LogP) is 1.41. The van der Waals surface area contributed by atoms with Crippen LogP contribution in [0.1, 0.15) is 17.5 Å². The molecule has 4 nitrogen and oxygen atoms in total. The van der Waals surface area contributed by atoms with Gasteiger partial charge in [0.1, 0.15) is 0 Å². The Hall–Kier alpha value is -1.81. The van der Waals surface area contributed by atoms with E-state index in [9.17, 15) is 9.90 Å². The second kappa shape index (κ2) is 3.50. The molecule has 2 aliphatic heterocycles. The van der Waals surface area contributed by atoms with Crippen LogP contribution in [0.5, 0.6) is 11.5 Å². The molecule has 2 heterocycles. The van der Waals surface area contributed by atoms with Crippen molar-refractivity contribution in [2.45, 2.75) is 30.4 Å². The SMILES string of the molecule is CN1CC[C@]23c4c5ccc(O)c4O[C@H]2C(=O)C=CC3[C@H]1C5. The van der Waals surface area contributed by atoms with E-state index in [2.05, 4.69) is 18.0 Å². The molecule has 2 bridgehead atoms. The Morgan fingerprint density at radius 2 is 2.29 bits per heavy atom. The Morgan fingerprint density at radius 3 is 3.14 bits per heavy atom. The van der Waals surface area contributed by atoms with Crippen molar-refractivity contribution in [3.8, 4) is 11.5 Å². The first-order valence-electron chi connectivity index (χ1n) is 7.57. The summed E-state index contributed by atoms with van der Waals surface area (Å²) in [5.74, 6) is 1.07. The molecule has 4 aliphatic rings. The fourth-order valence-corrected chi connectivity index (χ4v) is 5.08. The summed E-state index contributed by atoms with van der Waals surface area (Å²) < 4.78 is 5.99. The quantitative estimate of drug-likeness (QED) is 0.782. The van der Waals surface area contributed by atoms with E-state index < -0.39 is 6.10 Å². The first-order valence-corrected chi connectivity index (χ1v) is 7.57. The lowest BCUT2D eigenvalue weighted by Gasteiger charge is -2.55. The molecule has 4 heteroatoms. The van der Waals surface area contributed by atoms with Crippen molar-refractivity contribution in [3.05, 3.63) is 35.4 Å². The highest BCUT2D eigenvalue weighted by atomic mass is 16.5. The summed E-state index contributed by atoms with van der Waals surface area (Å²) in [4.78, 5) is 14.8. The monoisotopic (exact) mass is 283 g/mol. The standard InChI is InChI=1S/C17H17NO3/c1-18-7-6-17-10-3-5-13(20)16(17)21-15-12(19)4-2-9(14(15)17)8-11(10)18/h2-5,10-11,16,19H,6-8H2,1H3/t10?,11-,16+,17+/m1/s1. The maximum Gasteiger partial charge on any atom is 0.196 e. The van der Waals surface area contributed by atoms with Gasteiger partial charge in [-0.3, -0.25) is 4.79 Å². The Balaban J connectivity index is 1.87. The number of hydrogen-bond donors (Lipinski definition) is 1. The van der Waals surface area contributed by atoms with E-state index in [1.165, 1.54) is 5.56 Å². The molecular formula is C17H17NO3. The largest absolute Gasteiger partial charge is 0.504 e. The minimum absolute atomic E-state index is 0.0398.